The molecule has 6 heteroatoms. The number of nitrogens with zero attached hydrogens (tertiary/aromatic N) is 3. The quantitative estimate of drug-likeness (QED) is 0.909. The van der Waals surface area contributed by atoms with E-state index < -0.39 is 0 Å². The Labute approximate surface area is 128 Å². The van der Waals surface area contributed by atoms with Crippen LogP contribution in [0.2, 0.25) is 0 Å². The summed E-state index contributed by atoms with van der Waals surface area (Å²) in [5.74, 6) is -0.154. The van der Waals surface area contributed by atoms with Crippen molar-refractivity contribution in [3.05, 3.63) is 53.9 Å². The molecule has 1 aromatic carbocycles. The van der Waals surface area contributed by atoms with Crippen LogP contribution in [0.25, 0.3) is 0 Å². The number of halogens is 1. The van der Waals surface area contributed by atoms with Gasteiger partial charge in [-0.05, 0) is 24.1 Å². The van der Waals surface area contributed by atoms with Crippen molar-refractivity contribution < 1.29 is 9.18 Å². The number of aromatic nitrogens is 2. The van der Waals surface area contributed by atoms with E-state index in [4.69, 9.17) is 0 Å². The van der Waals surface area contributed by atoms with Crippen molar-refractivity contribution in [3.63, 3.8) is 0 Å². The number of amides is 1. The first-order valence-corrected chi connectivity index (χ1v) is 7.35. The van der Waals surface area contributed by atoms with Gasteiger partial charge in [-0.3, -0.25) is 4.79 Å². The van der Waals surface area contributed by atoms with E-state index in [-0.39, 0.29) is 17.8 Å². The predicted octanol–water partition coefficient (Wildman–Crippen LogP) is 1.45. The van der Waals surface area contributed by atoms with Gasteiger partial charge >= 0.3 is 0 Å². The molecule has 0 radical (unpaired) electrons. The third kappa shape index (κ3) is 3.17. The average Bonchev–Trinajstić information content (AvgIpc) is 3.07. The number of hydrogen-bond acceptors (Lipinski definition) is 3. The monoisotopic (exact) mass is 302 g/mol. The smallest absolute Gasteiger partial charge is 0.240 e. The number of carbonyl (C=O) groups excluding carboxylic acids is 1. The standard InChI is InChI=1S/C16H19FN4O/c1-20-11-18-8-14(20)9-19-15-6-7-21(16(15)22)10-12-2-4-13(17)5-3-12/h2-5,8,11,15,19H,6-7,9-10H2,1H3/t15-/m0/s1. The van der Waals surface area contributed by atoms with E-state index >= 15 is 0 Å². The second-order valence-electron chi connectivity index (χ2n) is 5.60. The van der Waals surface area contributed by atoms with Gasteiger partial charge in [0.15, 0.2) is 0 Å². The molecule has 2 aromatic rings. The van der Waals surface area contributed by atoms with E-state index in [1.807, 2.05) is 16.5 Å². The summed E-state index contributed by atoms with van der Waals surface area (Å²) in [6.07, 6.45) is 4.33. The van der Waals surface area contributed by atoms with Crippen LogP contribution in [0.15, 0.2) is 36.8 Å². The van der Waals surface area contributed by atoms with Gasteiger partial charge in [-0.2, -0.15) is 0 Å². The number of nitrogens with one attached hydrogen (secondary N) is 1. The summed E-state index contributed by atoms with van der Waals surface area (Å²) in [6.45, 7) is 1.87. The summed E-state index contributed by atoms with van der Waals surface area (Å²) >= 11 is 0. The Kier molecular flexibility index (Phi) is 4.20. The first-order chi connectivity index (χ1) is 10.6. The van der Waals surface area contributed by atoms with Gasteiger partial charge in [-0.25, -0.2) is 9.37 Å². The molecule has 0 saturated carbocycles. The van der Waals surface area contributed by atoms with Crippen molar-refractivity contribution in [1.29, 1.82) is 0 Å². The van der Waals surface area contributed by atoms with E-state index in [9.17, 15) is 9.18 Å². The second kappa shape index (κ2) is 6.27. The molecule has 0 aliphatic carbocycles. The molecule has 0 bridgehead atoms. The van der Waals surface area contributed by atoms with Crippen LogP contribution in [0, 0.1) is 5.82 Å². The third-order valence-corrected chi connectivity index (χ3v) is 4.03. The topological polar surface area (TPSA) is 50.2 Å². The number of imidazole rings is 1. The van der Waals surface area contributed by atoms with E-state index in [1.165, 1.54) is 12.1 Å². The first kappa shape index (κ1) is 14.7. The van der Waals surface area contributed by atoms with Crippen LogP contribution in [-0.4, -0.2) is 32.9 Å². The summed E-state index contributed by atoms with van der Waals surface area (Å²) in [6, 6.07) is 6.13. The van der Waals surface area contributed by atoms with Crippen molar-refractivity contribution in [2.45, 2.75) is 25.6 Å². The van der Waals surface area contributed by atoms with Crippen molar-refractivity contribution >= 4 is 5.91 Å². The molecule has 1 fully saturated rings. The number of benzene rings is 1. The predicted molar refractivity (Wildman–Crippen MR) is 80.3 cm³/mol. The van der Waals surface area contributed by atoms with Crippen molar-refractivity contribution in [3.8, 4) is 0 Å². The van der Waals surface area contributed by atoms with Crippen LogP contribution in [0.3, 0.4) is 0 Å². The fourth-order valence-electron chi connectivity index (χ4n) is 2.68. The number of rotatable bonds is 5. The van der Waals surface area contributed by atoms with Crippen molar-refractivity contribution in [2.24, 2.45) is 7.05 Å². The maximum Gasteiger partial charge on any atom is 0.240 e. The molecule has 5 nitrogen and oxygen atoms in total. The molecule has 0 unspecified atom stereocenters. The molecule has 22 heavy (non-hydrogen) atoms. The van der Waals surface area contributed by atoms with Gasteiger partial charge in [0.1, 0.15) is 5.82 Å². The molecule has 2 heterocycles. The Morgan fingerprint density at radius 1 is 1.36 bits per heavy atom. The van der Waals surface area contributed by atoms with Gasteiger partial charge in [0.25, 0.3) is 0 Å². The first-order valence-electron chi connectivity index (χ1n) is 7.35. The number of likely N-dealkylation sites (tertiary alicyclic amines) is 1. The number of hydrogen-bond donors (Lipinski definition) is 1. The highest BCUT2D eigenvalue weighted by atomic mass is 19.1. The Hall–Kier alpha value is -2.21. The number of aryl methyl sites for hydroxylation is 1. The lowest BCUT2D eigenvalue weighted by Gasteiger charge is -2.17. The highest BCUT2D eigenvalue weighted by Crippen LogP contribution is 2.16. The van der Waals surface area contributed by atoms with Crippen LogP contribution < -0.4 is 5.32 Å². The summed E-state index contributed by atoms with van der Waals surface area (Å²) < 4.78 is 14.8. The van der Waals surface area contributed by atoms with Crippen LogP contribution in [0.4, 0.5) is 4.39 Å². The molecule has 1 amide bonds. The molecule has 0 spiro atoms. The molecule has 1 saturated heterocycles. The zero-order chi connectivity index (χ0) is 15.5. The highest BCUT2D eigenvalue weighted by Gasteiger charge is 2.31. The van der Waals surface area contributed by atoms with Crippen LogP contribution in [-0.2, 0) is 24.9 Å². The van der Waals surface area contributed by atoms with Crippen LogP contribution in [0.5, 0.6) is 0 Å². The molecule has 1 aliphatic rings. The second-order valence-corrected chi connectivity index (χ2v) is 5.60. The minimum absolute atomic E-state index is 0.103. The Morgan fingerprint density at radius 3 is 2.82 bits per heavy atom. The molecular weight excluding hydrogens is 283 g/mol. The fourth-order valence-corrected chi connectivity index (χ4v) is 2.68. The maximum atomic E-state index is 12.9. The minimum Gasteiger partial charge on any atom is -0.337 e. The number of carbonyl (C=O) groups is 1. The van der Waals surface area contributed by atoms with Gasteiger partial charge in [0.05, 0.1) is 18.1 Å². The summed E-state index contributed by atoms with van der Waals surface area (Å²) in [5.41, 5.74) is 1.99. The van der Waals surface area contributed by atoms with Crippen LogP contribution >= 0.6 is 0 Å². The lowest BCUT2D eigenvalue weighted by molar-refractivity contribution is -0.129. The van der Waals surface area contributed by atoms with E-state index in [1.54, 1.807) is 24.7 Å². The summed E-state index contributed by atoms with van der Waals surface area (Å²) in [4.78, 5) is 18.3. The zero-order valence-electron chi connectivity index (χ0n) is 12.5. The van der Waals surface area contributed by atoms with Gasteiger partial charge in [-0.15, -0.1) is 0 Å². The SMILES string of the molecule is Cn1cncc1CN[C@H]1CCN(Cc2ccc(F)cc2)C1=O. The average molecular weight is 302 g/mol. The normalized spacial score (nSPS) is 18.2. The van der Waals surface area contributed by atoms with Gasteiger partial charge in [0, 0.05) is 32.9 Å². The molecular formula is C16H19FN4O. The van der Waals surface area contributed by atoms with E-state index in [0.717, 1.165) is 24.2 Å². The van der Waals surface area contributed by atoms with E-state index in [2.05, 4.69) is 10.3 Å². The summed E-state index contributed by atoms with van der Waals surface area (Å²) in [7, 11) is 1.93. The van der Waals surface area contributed by atoms with Crippen molar-refractivity contribution in [2.75, 3.05) is 6.54 Å². The molecule has 1 atom stereocenters. The molecule has 1 aliphatic heterocycles. The lowest BCUT2D eigenvalue weighted by Crippen LogP contribution is -2.37. The summed E-state index contributed by atoms with van der Waals surface area (Å²) in [5, 5.41) is 3.29. The molecule has 3 rings (SSSR count). The van der Waals surface area contributed by atoms with Crippen molar-refractivity contribution in [1.82, 2.24) is 19.8 Å². The zero-order valence-corrected chi connectivity index (χ0v) is 12.5. The van der Waals surface area contributed by atoms with Gasteiger partial charge in [0.2, 0.25) is 5.91 Å². The largest absolute Gasteiger partial charge is 0.337 e. The Balaban J connectivity index is 1.55. The third-order valence-electron chi connectivity index (χ3n) is 4.03. The molecule has 1 aromatic heterocycles. The maximum absolute atomic E-state index is 12.9. The Morgan fingerprint density at radius 2 is 2.14 bits per heavy atom. The van der Waals surface area contributed by atoms with E-state index in [0.29, 0.717) is 13.1 Å². The lowest BCUT2D eigenvalue weighted by atomic mass is 10.2. The molecule has 116 valence electrons. The fraction of sp³-hybridized carbons (Fsp3) is 0.375. The minimum atomic E-state index is -0.257. The Bertz CT molecular complexity index is 652. The highest BCUT2D eigenvalue weighted by molar-refractivity contribution is 5.83. The van der Waals surface area contributed by atoms with Crippen LogP contribution in [0.1, 0.15) is 17.7 Å². The van der Waals surface area contributed by atoms with Gasteiger partial charge in [-0.1, -0.05) is 12.1 Å². The molecule has 1 N–H and O–H groups in total. The van der Waals surface area contributed by atoms with Gasteiger partial charge < -0.3 is 14.8 Å².